The lowest BCUT2D eigenvalue weighted by Gasteiger charge is -1.89. The molecule has 1 rings (SSSR count). The molecule has 3 heteroatoms. The number of rotatable bonds is 1. The maximum atomic E-state index is 12.0. The van der Waals surface area contributed by atoms with Crippen LogP contribution in [0.1, 0.15) is 0 Å². The van der Waals surface area contributed by atoms with Crippen molar-refractivity contribution in [2.75, 3.05) is 0 Å². The van der Waals surface area contributed by atoms with E-state index in [1.807, 2.05) is 0 Å². The molecule has 0 aromatic rings. The maximum Gasteiger partial charge on any atom is 0.252 e. The standard InChI is InChI=1S/C5H4FOS/c6-5-1-2-8(3-5)4-7/h1-3,8H. The molecule has 0 saturated carbocycles. The van der Waals surface area contributed by atoms with Crippen molar-refractivity contribution in [3.05, 3.63) is 22.7 Å². The first-order valence-corrected chi connectivity index (χ1v) is 3.52. The monoisotopic (exact) mass is 131 g/mol. The van der Waals surface area contributed by atoms with Crippen LogP contribution in [0.3, 0.4) is 0 Å². The van der Waals surface area contributed by atoms with E-state index in [2.05, 4.69) is 0 Å². The summed E-state index contributed by atoms with van der Waals surface area (Å²) in [7, 11) is -1.01. The van der Waals surface area contributed by atoms with Crippen LogP contribution in [0.25, 0.3) is 0 Å². The van der Waals surface area contributed by atoms with E-state index in [0.717, 1.165) is 0 Å². The average molecular weight is 131 g/mol. The summed E-state index contributed by atoms with van der Waals surface area (Å²) in [5.74, 6) is -0.320. The van der Waals surface area contributed by atoms with Crippen molar-refractivity contribution in [1.29, 1.82) is 0 Å². The Labute approximate surface area is 49.2 Å². The molecule has 1 nitrogen and oxygen atoms in total. The van der Waals surface area contributed by atoms with E-state index < -0.39 is 10.9 Å². The zero-order chi connectivity index (χ0) is 5.98. The van der Waals surface area contributed by atoms with Gasteiger partial charge >= 0.3 is 0 Å². The maximum absolute atomic E-state index is 12.0. The Morgan fingerprint density at radius 3 is 2.75 bits per heavy atom. The number of halogens is 1. The van der Waals surface area contributed by atoms with Crippen molar-refractivity contribution in [2.24, 2.45) is 0 Å². The minimum Gasteiger partial charge on any atom is -0.278 e. The molecule has 0 aromatic carbocycles. The molecule has 0 spiro atoms. The molecule has 8 heavy (non-hydrogen) atoms. The molecule has 0 saturated heterocycles. The summed E-state index contributed by atoms with van der Waals surface area (Å²) < 4.78 is 12.0. The molecule has 0 fully saturated rings. The lowest BCUT2D eigenvalue weighted by atomic mass is 10.6. The van der Waals surface area contributed by atoms with Crippen LogP contribution in [0.2, 0.25) is 0 Å². The van der Waals surface area contributed by atoms with E-state index in [1.165, 1.54) is 16.9 Å². The molecule has 1 radical (unpaired) electrons. The molecule has 43 valence electrons. The smallest absolute Gasteiger partial charge is 0.252 e. The van der Waals surface area contributed by atoms with Crippen molar-refractivity contribution in [3.63, 3.8) is 0 Å². The summed E-state index contributed by atoms with van der Waals surface area (Å²) >= 11 is 0. The Bertz CT molecular complexity index is 162. The highest BCUT2D eigenvalue weighted by atomic mass is 32.2. The third-order valence-electron chi connectivity index (χ3n) is 0.762. The molecule has 0 bridgehead atoms. The van der Waals surface area contributed by atoms with Crippen LogP contribution in [-0.4, -0.2) is 5.62 Å². The van der Waals surface area contributed by atoms with E-state index in [0.29, 0.717) is 0 Å². The van der Waals surface area contributed by atoms with Gasteiger partial charge in [-0.15, -0.1) is 10.9 Å². The zero-order valence-corrected chi connectivity index (χ0v) is 4.86. The quantitative estimate of drug-likeness (QED) is 0.532. The van der Waals surface area contributed by atoms with Gasteiger partial charge in [0.05, 0.1) is 0 Å². The summed E-state index contributed by atoms with van der Waals surface area (Å²) in [6, 6.07) is 0. The van der Waals surface area contributed by atoms with Gasteiger partial charge in [-0.05, 0) is 16.9 Å². The van der Waals surface area contributed by atoms with E-state index in [9.17, 15) is 9.18 Å². The van der Waals surface area contributed by atoms with Gasteiger partial charge in [0.15, 0.2) is 0 Å². The number of allylic oxidation sites excluding steroid dienone is 2. The van der Waals surface area contributed by atoms with Crippen LogP contribution < -0.4 is 0 Å². The summed E-state index contributed by atoms with van der Waals surface area (Å²) in [4.78, 5) is 9.79. The Balaban J connectivity index is 2.68. The second-order valence-electron chi connectivity index (χ2n) is 1.33. The molecule has 0 N–H and O–H groups in total. The van der Waals surface area contributed by atoms with E-state index >= 15 is 0 Å². The molecular weight excluding hydrogens is 127 g/mol. The molecule has 1 aliphatic rings. The summed E-state index contributed by atoms with van der Waals surface area (Å²) in [5, 5.41) is 2.81. The third kappa shape index (κ3) is 0.980. The van der Waals surface area contributed by atoms with E-state index in [1.54, 1.807) is 5.62 Å². The van der Waals surface area contributed by atoms with Crippen molar-refractivity contribution >= 4 is 16.5 Å². The highest BCUT2D eigenvalue weighted by Gasteiger charge is 2.02. The summed E-state index contributed by atoms with van der Waals surface area (Å²) in [6.45, 7) is 0. The Morgan fingerprint density at radius 2 is 2.50 bits per heavy atom. The first kappa shape index (κ1) is 5.56. The molecule has 0 aliphatic carbocycles. The van der Waals surface area contributed by atoms with E-state index in [-0.39, 0.29) is 5.83 Å². The molecule has 0 aromatic heterocycles. The second-order valence-corrected chi connectivity index (χ2v) is 2.88. The van der Waals surface area contributed by atoms with Crippen molar-refractivity contribution < 1.29 is 9.18 Å². The van der Waals surface area contributed by atoms with Gasteiger partial charge < -0.3 is 0 Å². The molecular formula is C5H4FOS. The minimum atomic E-state index is -1.01. The zero-order valence-electron chi connectivity index (χ0n) is 3.97. The van der Waals surface area contributed by atoms with Gasteiger partial charge in [-0.1, -0.05) is 0 Å². The van der Waals surface area contributed by atoms with Crippen molar-refractivity contribution in [2.45, 2.75) is 0 Å². The highest BCUT2D eigenvalue weighted by Crippen LogP contribution is 2.32. The predicted octanol–water partition coefficient (Wildman–Crippen LogP) is 1.39. The van der Waals surface area contributed by atoms with Crippen LogP contribution in [-0.2, 0) is 4.79 Å². The van der Waals surface area contributed by atoms with Gasteiger partial charge in [-0.3, -0.25) is 4.79 Å². The number of hydrogen-bond acceptors (Lipinski definition) is 1. The second kappa shape index (κ2) is 2.13. The first-order chi connectivity index (χ1) is 3.83. The normalized spacial score (nSPS) is 30.1. The average Bonchev–Trinajstić information content (AvgIpc) is 2.14. The lowest BCUT2D eigenvalue weighted by molar-refractivity contribution is 0.570. The highest BCUT2D eigenvalue weighted by molar-refractivity contribution is 8.33. The van der Waals surface area contributed by atoms with Crippen molar-refractivity contribution in [1.82, 2.24) is 0 Å². The van der Waals surface area contributed by atoms with Gasteiger partial charge in [-0.2, -0.15) is 0 Å². The van der Waals surface area contributed by atoms with Gasteiger partial charge in [-0.25, -0.2) is 4.39 Å². The molecule has 1 heterocycles. The van der Waals surface area contributed by atoms with Crippen LogP contribution >= 0.6 is 10.9 Å². The van der Waals surface area contributed by atoms with E-state index in [4.69, 9.17) is 0 Å². The lowest BCUT2D eigenvalue weighted by Crippen LogP contribution is -1.62. The summed E-state index contributed by atoms with van der Waals surface area (Å²) in [5.41, 5.74) is 1.71. The Morgan fingerprint density at radius 1 is 1.75 bits per heavy atom. The molecule has 1 atom stereocenters. The van der Waals surface area contributed by atoms with Gasteiger partial charge in [0.1, 0.15) is 5.83 Å². The van der Waals surface area contributed by atoms with Gasteiger partial charge in [0, 0.05) is 0 Å². The van der Waals surface area contributed by atoms with Crippen LogP contribution in [0, 0.1) is 0 Å². The first-order valence-electron chi connectivity index (χ1n) is 2.04. The number of thiol groups is 1. The third-order valence-corrected chi connectivity index (χ3v) is 1.97. The topological polar surface area (TPSA) is 17.1 Å². The SMILES string of the molecule is O=[C][SH]1C=CC(F)=C1. The Hall–Kier alpha value is -0.570. The van der Waals surface area contributed by atoms with Crippen LogP contribution in [0.4, 0.5) is 4.39 Å². The van der Waals surface area contributed by atoms with Gasteiger partial charge in [0.25, 0.3) is 5.62 Å². The van der Waals surface area contributed by atoms with Gasteiger partial charge in [0.2, 0.25) is 0 Å². The van der Waals surface area contributed by atoms with Crippen LogP contribution in [0.5, 0.6) is 0 Å². The molecule has 0 amide bonds. The molecule has 1 aliphatic heterocycles. The fourth-order valence-corrected chi connectivity index (χ4v) is 1.28. The fourth-order valence-electron chi connectivity index (χ4n) is 0.427. The molecule has 1 unspecified atom stereocenters. The largest absolute Gasteiger partial charge is 0.278 e. The fraction of sp³-hybridized carbons (Fsp3) is 0. The van der Waals surface area contributed by atoms with Crippen LogP contribution in [0.15, 0.2) is 22.7 Å². The number of carbonyl (C=O) groups excluding carboxylic acids is 1. The predicted molar refractivity (Wildman–Crippen MR) is 33.0 cm³/mol. The Kier molecular flexibility index (Phi) is 1.48. The van der Waals surface area contributed by atoms with Crippen molar-refractivity contribution in [3.8, 4) is 0 Å². The number of hydrogen-bond donors (Lipinski definition) is 1. The minimum absolute atomic E-state index is 0.320. The summed E-state index contributed by atoms with van der Waals surface area (Å²) in [6.07, 6.45) is 1.29.